The van der Waals surface area contributed by atoms with Crippen molar-refractivity contribution in [3.05, 3.63) is 68.8 Å². The number of carboxylic acids is 1. The molecule has 0 heterocycles. The topological polar surface area (TPSA) is 66.4 Å². The van der Waals surface area contributed by atoms with E-state index in [1.165, 1.54) is 6.07 Å². The lowest BCUT2D eigenvalue weighted by Crippen LogP contribution is -2.43. The zero-order valence-corrected chi connectivity index (χ0v) is 14.6. The van der Waals surface area contributed by atoms with Crippen LogP contribution in [0.2, 0.25) is 0 Å². The molecule has 2 rings (SSSR count). The van der Waals surface area contributed by atoms with Crippen molar-refractivity contribution >= 4 is 34.5 Å². The minimum Gasteiger partial charge on any atom is -0.480 e. The molecule has 2 aromatic carbocycles. The third-order valence-electron chi connectivity index (χ3n) is 3.36. The van der Waals surface area contributed by atoms with Gasteiger partial charge in [0.15, 0.2) is 0 Å². The van der Waals surface area contributed by atoms with E-state index in [1.807, 2.05) is 6.07 Å². The number of hydrogen-bond acceptors (Lipinski definition) is 2. The number of carbonyl (C=O) groups is 2. The number of nitrogens with one attached hydrogen (secondary N) is 1. The number of aliphatic carboxylic acids is 1. The van der Waals surface area contributed by atoms with Crippen molar-refractivity contribution in [2.45, 2.75) is 18.9 Å². The van der Waals surface area contributed by atoms with Crippen molar-refractivity contribution in [3.63, 3.8) is 0 Å². The molecule has 0 aliphatic heterocycles. The first-order valence-electron chi connectivity index (χ1n) is 7.06. The molecule has 1 amide bonds. The van der Waals surface area contributed by atoms with Gasteiger partial charge in [-0.3, -0.25) is 4.79 Å². The Morgan fingerprint density at radius 3 is 2.33 bits per heavy atom. The second kappa shape index (κ2) is 8.18. The van der Waals surface area contributed by atoms with Crippen molar-refractivity contribution < 1.29 is 23.5 Å². The summed E-state index contributed by atoms with van der Waals surface area (Å²) in [5.74, 6) is -3.64. The standard InChI is InChI=1S/C17H14F2INO3/c18-13-5-2-6-14(19)12(13)9-16(22)21-15(17(23)24)8-10-3-1-4-11(20)7-10/h1-7,15H,8-9H2,(H,21,22)(H,23,24)/t15-/m1/s1. The van der Waals surface area contributed by atoms with Gasteiger partial charge in [0.1, 0.15) is 17.7 Å². The van der Waals surface area contributed by atoms with Crippen molar-refractivity contribution in [2.24, 2.45) is 0 Å². The lowest BCUT2D eigenvalue weighted by Gasteiger charge is -2.15. The summed E-state index contributed by atoms with van der Waals surface area (Å²) < 4.78 is 28.1. The van der Waals surface area contributed by atoms with E-state index in [-0.39, 0.29) is 12.0 Å². The molecule has 2 aromatic rings. The molecule has 0 saturated carbocycles. The fraction of sp³-hybridized carbons (Fsp3) is 0.176. The fourth-order valence-corrected chi connectivity index (χ4v) is 2.81. The number of carboxylic acid groups (broad SMARTS) is 1. The summed E-state index contributed by atoms with van der Waals surface area (Å²) in [6.07, 6.45) is -0.480. The van der Waals surface area contributed by atoms with Crippen LogP contribution in [0.5, 0.6) is 0 Å². The van der Waals surface area contributed by atoms with Crippen LogP contribution >= 0.6 is 22.6 Å². The van der Waals surface area contributed by atoms with Gasteiger partial charge in [-0.2, -0.15) is 0 Å². The van der Waals surface area contributed by atoms with Gasteiger partial charge in [0.25, 0.3) is 0 Å². The zero-order chi connectivity index (χ0) is 17.7. The number of hydrogen-bond donors (Lipinski definition) is 2. The Kier molecular flexibility index (Phi) is 6.24. The smallest absolute Gasteiger partial charge is 0.326 e. The monoisotopic (exact) mass is 445 g/mol. The molecule has 0 saturated heterocycles. The van der Waals surface area contributed by atoms with Crippen LogP contribution in [0.25, 0.3) is 0 Å². The van der Waals surface area contributed by atoms with E-state index >= 15 is 0 Å². The first kappa shape index (κ1) is 18.3. The molecule has 7 heteroatoms. The zero-order valence-electron chi connectivity index (χ0n) is 12.4. The molecule has 0 aromatic heterocycles. The van der Waals surface area contributed by atoms with E-state index in [1.54, 1.807) is 18.2 Å². The molecule has 4 nitrogen and oxygen atoms in total. The Bertz CT molecular complexity index is 747. The van der Waals surface area contributed by atoms with Gasteiger partial charge >= 0.3 is 5.97 Å². The highest BCUT2D eigenvalue weighted by atomic mass is 127. The summed E-state index contributed by atoms with van der Waals surface area (Å²) in [6, 6.07) is 9.32. The average molecular weight is 445 g/mol. The van der Waals surface area contributed by atoms with Crippen molar-refractivity contribution in [2.75, 3.05) is 0 Å². The van der Waals surface area contributed by atoms with Gasteiger partial charge in [-0.05, 0) is 52.4 Å². The van der Waals surface area contributed by atoms with E-state index in [0.717, 1.165) is 21.3 Å². The number of benzene rings is 2. The Morgan fingerprint density at radius 1 is 1.12 bits per heavy atom. The van der Waals surface area contributed by atoms with E-state index in [9.17, 15) is 23.5 Å². The molecule has 0 spiro atoms. The normalized spacial score (nSPS) is 11.8. The molecule has 1 atom stereocenters. The average Bonchev–Trinajstić information content (AvgIpc) is 2.50. The number of rotatable bonds is 6. The molecule has 2 N–H and O–H groups in total. The Hall–Kier alpha value is -2.03. The predicted octanol–water partition coefficient (Wildman–Crippen LogP) is 2.92. The second-order valence-electron chi connectivity index (χ2n) is 5.17. The molecule has 0 fully saturated rings. The van der Waals surface area contributed by atoms with Gasteiger partial charge in [-0.25, -0.2) is 13.6 Å². The quantitative estimate of drug-likeness (QED) is 0.673. The second-order valence-corrected chi connectivity index (χ2v) is 6.42. The first-order chi connectivity index (χ1) is 11.4. The number of halogens is 3. The molecule has 0 bridgehead atoms. The highest BCUT2D eigenvalue weighted by Crippen LogP contribution is 2.13. The number of amides is 1. The maximum Gasteiger partial charge on any atom is 0.326 e. The Labute approximate surface area is 151 Å². The predicted molar refractivity (Wildman–Crippen MR) is 92.5 cm³/mol. The molecule has 126 valence electrons. The van der Waals surface area contributed by atoms with Gasteiger partial charge in [-0.15, -0.1) is 0 Å². The van der Waals surface area contributed by atoms with E-state index in [2.05, 4.69) is 27.9 Å². The lowest BCUT2D eigenvalue weighted by molar-refractivity contribution is -0.141. The van der Waals surface area contributed by atoms with Crippen LogP contribution in [0.4, 0.5) is 8.78 Å². The van der Waals surface area contributed by atoms with Gasteiger partial charge in [0, 0.05) is 15.6 Å². The van der Waals surface area contributed by atoms with Crippen LogP contribution in [0, 0.1) is 15.2 Å². The SMILES string of the molecule is O=C(Cc1c(F)cccc1F)N[C@H](Cc1cccc(I)c1)C(=O)O. The molecule has 0 aliphatic carbocycles. The van der Waals surface area contributed by atoms with Gasteiger partial charge in [0.05, 0.1) is 6.42 Å². The first-order valence-corrected chi connectivity index (χ1v) is 8.14. The van der Waals surface area contributed by atoms with Crippen LogP contribution in [-0.2, 0) is 22.4 Å². The summed E-state index contributed by atoms with van der Waals surface area (Å²) in [7, 11) is 0. The lowest BCUT2D eigenvalue weighted by atomic mass is 10.1. The maximum absolute atomic E-state index is 13.6. The van der Waals surface area contributed by atoms with Crippen molar-refractivity contribution in [1.29, 1.82) is 0 Å². The van der Waals surface area contributed by atoms with Crippen LogP contribution in [-0.4, -0.2) is 23.0 Å². The van der Waals surface area contributed by atoms with Crippen molar-refractivity contribution in [3.8, 4) is 0 Å². The summed E-state index contributed by atoms with van der Waals surface area (Å²) in [6.45, 7) is 0. The molecule has 24 heavy (non-hydrogen) atoms. The molecular weight excluding hydrogens is 431 g/mol. The van der Waals surface area contributed by atoms with Gasteiger partial charge in [0.2, 0.25) is 5.91 Å². The van der Waals surface area contributed by atoms with Crippen molar-refractivity contribution in [1.82, 2.24) is 5.32 Å². The minimum absolute atomic E-state index is 0.0810. The summed E-state index contributed by atoms with van der Waals surface area (Å²) in [5, 5.41) is 11.6. The third kappa shape index (κ3) is 4.98. The minimum atomic E-state index is -1.21. The summed E-state index contributed by atoms with van der Waals surface area (Å²) >= 11 is 2.10. The Balaban J connectivity index is 2.07. The number of carbonyl (C=O) groups excluding carboxylic acids is 1. The fourth-order valence-electron chi connectivity index (χ4n) is 2.21. The van der Waals surface area contributed by atoms with Crippen LogP contribution in [0.1, 0.15) is 11.1 Å². The highest BCUT2D eigenvalue weighted by molar-refractivity contribution is 14.1. The largest absolute Gasteiger partial charge is 0.480 e. The van der Waals surface area contributed by atoms with Crippen LogP contribution in [0.15, 0.2) is 42.5 Å². The molecular formula is C17H14F2INO3. The molecule has 0 radical (unpaired) electrons. The summed E-state index contributed by atoms with van der Waals surface area (Å²) in [5.41, 5.74) is 0.361. The van der Waals surface area contributed by atoms with Gasteiger partial charge in [-0.1, -0.05) is 18.2 Å². The highest BCUT2D eigenvalue weighted by Gasteiger charge is 2.22. The third-order valence-corrected chi connectivity index (χ3v) is 4.03. The maximum atomic E-state index is 13.6. The van der Waals surface area contributed by atoms with Crippen LogP contribution in [0.3, 0.4) is 0 Å². The van der Waals surface area contributed by atoms with Gasteiger partial charge < -0.3 is 10.4 Å². The Morgan fingerprint density at radius 2 is 1.75 bits per heavy atom. The van der Waals surface area contributed by atoms with E-state index < -0.39 is 36.0 Å². The molecule has 0 aliphatic rings. The summed E-state index contributed by atoms with van der Waals surface area (Å²) in [4.78, 5) is 23.3. The van der Waals surface area contributed by atoms with E-state index in [0.29, 0.717) is 0 Å². The van der Waals surface area contributed by atoms with Crippen LogP contribution < -0.4 is 5.32 Å². The molecule has 0 unspecified atom stereocenters. The van der Waals surface area contributed by atoms with E-state index in [4.69, 9.17) is 0 Å².